The van der Waals surface area contributed by atoms with Gasteiger partial charge in [-0.15, -0.1) is 11.6 Å². The Labute approximate surface area is 108 Å². The van der Waals surface area contributed by atoms with Crippen molar-refractivity contribution in [1.82, 2.24) is 0 Å². The molecular weight excluding hydrogens is 240 g/mol. The predicted octanol–water partition coefficient (Wildman–Crippen LogP) is 3.24. The first kappa shape index (κ1) is 14.1. The SMILES string of the molecule is CCOc1cc(CCl)ccc1OCCCOC. The molecule has 0 heterocycles. The van der Waals surface area contributed by atoms with E-state index in [1.54, 1.807) is 7.11 Å². The van der Waals surface area contributed by atoms with Gasteiger partial charge in [0, 0.05) is 26.0 Å². The number of methoxy groups -OCH3 is 1. The zero-order valence-corrected chi connectivity index (χ0v) is 11.1. The summed E-state index contributed by atoms with van der Waals surface area (Å²) in [5.74, 6) is 1.99. The maximum Gasteiger partial charge on any atom is 0.161 e. The van der Waals surface area contributed by atoms with Crippen LogP contribution in [-0.4, -0.2) is 26.9 Å². The second-order valence-corrected chi connectivity index (χ2v) is 3.81. The van der Waals surface area contributed by atoms with Crippen LogP contribution in [0.2, 0.25) is 0 Å². The lowest BCUT2D eigenvalue weighted by Crippen LogP contribution is -2.03. The lowest BCUT2D eigenvalue weighted by molar-refractivity contribution is 0.170. The second-order valence-electron chi connectivity index (χ2n) is 3.54. The molecule has 0 saturated carbocycles. The number of rotatable bonds is 8. The maximum atomic E-state index is 5.78. The summed E-state index contributed by atoms with van der Waals surface area (Å²) >= 11 is 5.78. The highest BCUT2D eigenvalue weighted by Crippen LogP contribution is 2.29. The zero-order chi connectivity index (χ0) is 12.5. The molecule has 1 rings (SSSR count). The van der Waals surface area contributed by atoms with Crippen LogP contribution in [0.15, 0.2) is 18.2 Å². The van der Waals surface area contributed by atoms with Crippen LogP contribution in [0.3, 0.4) is 0 Å². The normalized spacial score (nSPS) is 10.3. The minimum atomic E-state index is 0.476. The maximum absolute atomic E-state index is 5.78. The summed E-state index contributed by atoms with van der Waals surface area (Å²) in [5, 5.41) is 0. The van der Waals surface area contributed by atoms with Crippen LogP contribution in [0.5, 0.6) is 11.5 Å². The van der Waals surface area contributed by atoms with Gasteiger partial charge in [-0.1, -0.05) is 6.07 Å². The minimum absolute atomic E-state index is 0.476. The molecule has 17 heavy (non-hydrogen) atoms. The van der Waals surface area contributed by atoms with Crippen LogP contribution >= 0.6 is 11.6 Å². The van der Waals surface area contributed by atoms with Gasteiger partial charge in [-0.2, -0.15) is 0 Å². The van der Waals surface area contributed by atoms with Gasteiger partial charge in [-0.05, 0) is 24.6 Å². The van der Waals surface area contributed by atoms with Gasteiger partial charge in [0.1, 0.15) is 0 Å². The van der Waals surface area contributed by atoms with E-state index in [0.29, 0.717) is 25.7 Å². The van der Waals surface area contributed by atoms with Crippen molar-refractivity contribution in [1.29, 1.82) is 0 Å². The molecule has 0 N–H and O–H groups in total. The molecule has 4 heteroatoms. The van der Waals surface area contributed by atoms with Crippen molar-refractivity contribution in [3.8, 4) is 11.5 Å². The van der Waals surface area contributed by atoms with E-state index in [4.69, 9.17) is 25.8 Å². The first-order valence-electron chi connectivity index (χ1n) is 5.75. The molecule has 1 aromatic carbocycles. The van der Waals surface area contributed by atoms with Crippen LogP contribution in [0, 0.1) is 0 Å². The van der Waals surface area contributed by atoms with E-state index in [-0.39, 0.29) is 0 Å². The van der Waals surface area contributed by atoms with Crippen molar-refractivity contribution in [2.45, 2.75) is 19.2 Å². The van der Waals surface area contributed by atoms with E-state index in [1.165, 1.54) is 0 Å². The third-order valence-electron chi connectivity index (χ3n) is 2.21. The van der Waals surface area contributed by atoms with Gasteiger partial charge in [-0.3, -0.25) is 0 Å². The molecule has 3 nitrogen and oxygen atoms in total. The quantitative estimate of drug-likeness (QED) is 0.529. The Hall–Kier alpha value is -0.930. The largest absolute Gasteiger partial charge is 0.490 e. The number of halogens is 1. The third-order valence-corrected chi connectivity index (χ3v) is 2.52. The highest BCUT2D eigenvalue weighted by atomic mass is 35.5. The lowest BCUT2D eigenvalue weighted by Gasteiger charge is -2.12. The molecule has 0 spiro atoms. The van der Waals surface area contributed by atoms with Gasteiger partial charge < -0.3 is 14.2 Å². The van der Waals surface area contributed by atoms with Gasteiger partial charge >= 0.3 is 0 Å². The molecule has 0 aliphatic carbocycles. The van der Waals surface area contributed by atoms with Crippen LogP contribution in [0.4, 0.5) is 0 Å². The van der Waals surface area contributed by atoms with Crippen LogP contribution in [0.25, 0.3) is 0 Å². The highest BCUT2D eigenvalue weighted by molar-refractivity contribution is 6.17. The van der Waals surface area contributed by atoms with E-state index in [1.807, 2.05) is 25.1 Å². The molecule has 0 atom stereocenters. The van der Waals surface area contributed by atoms with E-state index >= 15 is 0 Å². The molecular formula is C13H19ClO3. The molecule has 0 bridgehead atoms. The van der Waals surface area contributed by atoms with E-state index < -0.39 is 0 Å². The van der Waals surface area contributed by atoms with Crippen molar-refractivity contribution < 1.29 is 14.2 Å². The van der Waals surface area contributed by atoms with E-state index in [0.717, 1.165) is 23.5 Å². The average molecular weight is 259 g/mol. The molecule has 0 aliphatic rings. The molecule has 0 amide bonds. The van der Waals surface area contributed by atoms with Gasteiger partial charge in [0.2, 0.25) is 0 Å². The molecule has 96 valence electrons. The van der Waals surface area contributed by atoms with E-state index in [9.17, 15) is 0 Å². The monoisotopic (exact) mass is 258 g/mol. The Bertz CT molecular complexity index is 328. The summed E-state index contributed by atoms with van der Waals surface area (Å²) in [6, 6.07) is 5.76. The molecule has 0 saturated heterocycles. The average Bonchev–Trinajstić information content (AvgIpc) is 2.36. The van der Waals surface area contributed by atoms with Crippen molar-refractivity contribution >= 4 is 11.6 Å². The van der Waals surface area contributed by atoms with Gasteiger partial charge in [0.15, 0.2) is 11.5 Å². The number of alkyl halides is 1. The van der Waals surface area contributed by atoms with Crippen molar-refractivity contribution in [2.75, 3.05) is 26.9 Å². The van der Waals surface area contributed by atoms with Gasteiger partial charge in [-0.25, -0.2) is 0 Å². The number of hydrogen-bond acceptors (Lipinski definition) is 3. The molecule has 1 aromatic rings. The highest BCUT2D eigenvalue weighted by Gasteiger charge is 2.05. The standard InChI is InChI=1S/C13H19ClO3/c1-3-16-13-9-11(10-14)5-6-12(13)17-8-4-7-15-2/h5-6,9H,3-4,7-8,10H2,1-2H3. The van der Waals surface area contributed by atoms with Crippen LogP contribution in [-0.2, 0) is 10.6 Å². The molecule has 0 fully saturated rings. The van der Waals surface area contributed by atoms with Crippen molar-refractivity contribution in [3.05, 3.63) is 23.8 Å². The fourth-order valence-corrected chi connectivity index (χ4v) is 1.57. The lowest BCUT2D eigenvalue weighted by atomic mass is 10.2. The first-order valence-corrected chi connectivity index (χ1v) is 6.28. The van der Waals surface area contributed by atoms with Crippen LogP contribution < -0.4 is 9.47 Å². The molecule has 0 aliphatic heterocycles. The summed E-state index contributed by atoms with van der Waals surface area (Å²) in [6.45, 7) is 3.88. The topological polar surface area (TPSA) is 27.7 Å². The Morgan fingerprint density at radius 1 is 1.12 bits per heavy atom. The summed E-state index contributed by atoms with van der Waals surface area (Å²) in [6.07, 6.45) is 0.860. The minimum Gasteiger partial charge on any atom is -0.490 e. The first-order chi connectivity index (χ1) is 8.31. The van der Waals surface area contributed by atoms with Crippen molar-refractivity contribution in [2.24, 2.45) is 0 Å². The summed E-state index contributed by atoms with van der Waals surface area (Å²) in [7, 11) is 1.68. The van der Waals surface area contributed by atoms with E-state index in [2.05, 4.69) is 0 Å². The van der Waals surface area contributed by atoms with Crippen molar-refractivity contribution in [3.63, 3.8) is 0 Å². The summed E-state index contributed by atoms with van der Waals surface area (Å²) in [5.41, 5.74) is 1.03. The summed E-state index contributed by atoms with van der Waals surface area (Å²) in [4.78, 5) is 0. The summed E-state index contributed by atoms with van der Waals surface area (Å²) < 4.78 is 16.1. The second kappa shape index (κ2) is 8.20. The zero-order valence-electron chi connectivity index (χ0n) is 10.4. The Morgan fingerprint density at radius 2 is 1.94 bits per heavy atom. The molecule has 0 radical (unpaired) electrons. The smallest absolute Gasteiger partial charge is 0.161 e. The molecule has 0 aromatic heterocycles. The fraction of sp³-hybridized carbons (Fsp3) is 0.538. The molecule has 0 unspecified atom stereocenters. The van der Waals surface area contributed by atoms with Crippen LogP contribution in [0.1, 0.15) is 18.9 Å². The third kappa shape index (κ3) is 4.84. The predicted molar refractivity (Wildman–Crippen MR) is 69.2 cm³/mol. The Morgan fingerprint density at radius 3 is 2.59 bits per heavy atom. The fourth-order valence-electron chi connectivity index (χ4n) is 1.41. The number of hydrogen-bond donors (Lipinski definition) is 0. The number of benzene rings is 1. The van der Waals surface area contributed by atoms with Gasteiger partial charge in [0.25, 0.3) is 0 Å². The Balaban J connectivity index is 2.62. The number of ether oxygens (including phenoxy) is 3. The van der Waals surface area contributed by atoms with Gasteiger partial charge in [0.05, 0.1) is 13.2 Å². The Kier molecular flexibility index (Phi) is 6.82.